The molecule has 1 heterocycles. The van der Waals surface area contributed by atoms with Crippen LogP contribution in [0.15, 0.2) is 12.3 Å². The molecule has 1 aromatic rings. The van der Waals surface area contributed by atoms with E-state index >= 15 is 0 Å². The summed E-state index contributed by atoms with van der Waals surface area (Å²) in [7, 11) is 0. The Labute approximate surface area is 134 Å². The Balaban J connectivity index is -0.000000188. The van der Waals surface area contributed by atoms with Gasteiger partial charge in [0, 0.05) is 66.0 Å². The quantitative estimate of drug-likeness (QED) is 0.489. The van der Waals surface area contributed by atoms with E-state index in [1.165, 1.54) is 6.41 Å². The Morgan fingerprint density at radius 1 is 1.62 bits per heavy atom. The fraction of sp³-hybridized carbons (Fsp3) is 0.111. The molecule has 0 aliphatic rings. The summed E-state index contributed by atoms with van der Waals surface area (Å²) in [5.74, 6) is -0.407. The minimum atomic E-state index is -0.407. The Kier molecular flexibility index (Phi) is 19.7. The van der Waals surface area contributed by atoms with Crippen molar-refractivity contribution < 1.29 is 63.4 Å². The van der Waals surface area contributed by atoms with E-state index in [1.807, 2.05) is 0 Å². The van der Waals surface area contributed by atoms with Crippen LogP contribution >= 0.6 is 0 Å². The third kappa shape index (κ3) is 13.9. The molecular weight excluding hydrogens is 455 g/mol. The first-order chi connectivity index (χ1) is 6.70. The van der Waals surface area contributed by atoms with Crippen molar-refractivity contribution in [2.75, 3.05) is 0 Å². The summed E-state index contributed by atoms with van der Waals surface area (Å²) in [6.45, 7) is 6.75. The van der Waals surface area contributed by atoms with Crippen LogP contribution in [-0.2, 0) is 63.4 Å². The van der Waals surface area contributed by atoms with E-state index < -0.39 is 5.91 Å². The number of nitrogens with one attached hydrogen (secondary N) is 1. The smallest absolute Gasteiger partial charge is 0.0713 e. The van der Waals surface area contributed by atoms with Gasteiger partial charge in [0.2, 0.25) is 0 Å². The average molecular weight is 464 g/mol. The van der Waals surface area contributed by atoms with Gasteiger partial charge in [0.1, 0.15) is 0 Å². The number of amides is 2. The van der Waals surface area contributed by atoms with Gasteiger partial charge in [-0.2, -0.15) is 12.6 Å². The molecule has 0 saturated carbocycles. The summed E-state index contributed by atoms with van der Waals surface area (Å²) < 4.78 is 0. The maximum Gasteiger partial charge on any atom is 0.0713 e. The zero-order valence-electron chi connectivity index (χ0n) is 8.47. The summed E-state index contributed by atoms with van der Waals surface area (Å²) in [4.78, 5) is 26.5. The molecule has 85 valence electrons. The number of aromatic nitrogens is 2. The van der Waals surface area contributed by atoms with Crippen LogP contribution in [0, 0.1) is 20.2 Å². The minimum Gasteiger partial charge on any atom is -0.464 e. The Hall–Kier alpha value is -0.118. The van der Waals surface area contributed by atoms with Crippen LogP contribution in [-0.4, -0.2) is 22.3 Å². The Morgan fingerprint density at radius 3 is 2.44 bits per heavy atom. The molecule has 1 rings (SSSR count). The first-order valence-electron chi connectivity index (χ1n) is 3.67. The van der Waals surface area contributed by atoms with Crippen molar-refractivity contribution in [3.63, 3.8) is 0 Å². The van der Waals surface area contributed by atoms with Crippen molar-refractivity contribution in [3.8, 4) is 0 Å². The van der Waals surface area contributed by atoms with E-state index in [9.17, 15) is 9.59 Å². The van der Waals surface area contributed by atoms with E-state index in [2.05, 4.69) is 30.1 Å². The summed E-state index contributed by atoms with van der Waals surface area (Å²) in [6.07, 6.45) is 5.31. The molecular formula is C9H9N3O2WY-4. The first-order valence-corrected chi connectivity index (χ1v) is 3.67. The monoisotopic (exact) mass is 464 g/mol. The Morgan fingerprint density at radius 2 is 2.25 bits per heavy atom. The van der Waals surface area contributed by atoms with E-state index in [1.54, 1.807) is 17.6 Å². The molecule has 0 aliphatic carbocycles. The second-order valence-electron chi connectivity index (χ2n) is 2.05. The molecule has 0 aromatic carbocycles. The number of imide groups is 1. The van der Waals surface area contributed by atoms with E-state index in [-0.39, 0.29) is 60.2 Å². The minimum absolute atomic E-state index is 0. The van der Waals surface area contributed by atoms with Crippen molar-refractivity contribution in [3.05, 3.63) is 38.1 Å². The summed E-state index contributed by atoms with van der Waals surface area (Å²) in [6, 6.07) is 1.72. The van der Waals surface area contributed by atoms with Gasteiger partial charge < -0.3 is 31.8 Å². The van der Waals surface area contributed by atoms with Crippen LogP contribution in [0.5, 0.6) is 0 Å². The van der Waals surface area contributed by atoms with Gasteiger partial charge >= 0.3 is 0 Å². The number of carbonyl (C=O) groups excluding carboxylic acids is 2. The second-order valence-corrected chi connectivity index (χ2v) is 2.05. The molecule has 1 N–H and O–H groups in total. The summed E-state index contributed by atoms with van der Waals surface area (Å²) in [5.41, 5.74) is 0.704. The van der Waals surface area contributed by atoms with Gasteiger partial charge in [-0.15, -0.1) is 0 Å². The van der Waals surface area contributed by atoms with Crippen LogP contribution in [0.4, 0.5) is 0 Å². The van der Waals surface area contributed by atoms with Gasteiger partial charge in [-0.1, -0.05) is 0 Å². The van der Waals surface area contributed by atoms with Crippen LogP contribution in [0.25, 0.3) is 0 Å². The molecule has 0 bridgehead atoms. The topological polar surface area (TPSA) is 72.0 Å². The number of hydrogen-bond acceptors (Lipinski definition) is 4. The molecule has 0 spiro atoms. The fourth-order valence-electron chi connectivity index (χ4n) is 0.406. The average Bonchev–Trinajstić information content (AvgIpc) is 2.20. The summed E-state index contributed by atoms with van der Waals surface area (Å²) >= 11 is 0. The first kappa shape index (κ1) is 21.2. The van der Waals surface area contributed by atoms with Gasteiger partial charge in [-0.05, 0) is 0 Å². The zero-order chi connectivity index (χ0) is 10.8. The van der Waals surface area contributed by atoms with Gasteiger partial charge in [0.15, 0.2) is 0 Å². The van der Waals surface area contributed by atoms with Crippen LogP contribution < -0.4 is 5.32 Å². The maximum atomic E-state index is 9.98. The molecule has 0 saturated heterocycles. The third-order valence-corrected chi connectivity index (χ3v) is 1.01. The predicted molar refractivity (Wildman–Crippen MR) is 49.1 cm³/mol. The van der Waals surface area contributed by atoms with Crippen LogP contribution in [0.3, 0.4) is 0 Å². The van der Waals surface area contributed by atoms with Crippen molar-refractivity contribution in [1.29, 1.82) is 0 Å². The van der Waals surface area contributed by atoms with E-state index in [4.69, 9.17) is 0 Å². The zero-order valence-corrected chi connectivity index (χ0v) is 14.2. The van der Waals surface area contributed by atoms with Crippen molar-refractivity contribution in [2.45, 2.75) is 6.42 Å². The summed E-state index contributed by atoms with van der Waals surface area (Å²) in [5, 5.41) is 1.79. The standard InChI is InChI=1S/C5H4N2.C4H5NO2.W.Y/c1-5-2-3-6-4-7-5;1-2-4(7)5-3-6;;/h2-3H,1H2;1-2H2,(H,5,6,7);;/q2*-2;;. The number of carbonyl (C=O) groups is 1. The number of nitrogens with zero attached hydrogens (tertiary/aromatic N) is 2. The second kappa shape index (κ2) is 14.9. The van der Waals surface area contributed by atoms with Crippen LogP contribution in [0.1, 0.15) is 12.1 Å². The molecule has 16 heavy (non-hydrogen) atoms. The van der Waals surface area contributed by atoms with E-state index in [0.29, 0.717) is 5.69 Å². The molecule has 0 aliphatic heterocycles. The van der Waals surface area contributed by atoms with Crippen molar-refractivity contribution >= 4 is 12.3 Å². The van der Waals surface area contributed by atoms with Crippen LogP contribution in [0.2, 0.25) is 0 Å². The molecule has 5 nitrogen and oxygen atoms in total. The van der Waals surface area contributed by atoms with Gasteiger partial charge in [-0.3, -0.25) is 13.0 Å². The Bertz CT molecular complexity index is 285. The maximum absolute atomic E-state index is 9.98. The largest absolute Gasteiger partial charge is 0.464 e. The number of rotatable bonds is 2. The number of hydrogen-bond donors (Lipinski definition) is 1. The normalized spacial score (nSPS) is 7.06. The molecule has 0 atom stereocenters. The molecule has 0 unspecified atom stereocenters. The fourth-order valence-corrected chi connectivity index (χ4v) is 0.406. The predicted octanol–water partition coefficient (Wildman–Crippen LogP) is -0.152. The van der Waals surface area contributed by atoms with Gasteiger partial charge in [0.25, 0.3) is 0 Å². The van der Waals surface area contributed by atoms with Crippen molar-refractivity contribution in [1.82, 2.24) is 15.3 Å². The molecule has 1 radical (unpaired) electrons. The van der Waals surface area contributed by atoms with Gasteiger partial charge in [-0.25, -0.2) is 5.69 Å². The van der Waals surface area contributed by atoms with Gasteiger partial charge in [0.05, 0.1) is 6.41 Å². The van der Waals surface area contributed by atoms with Crippen molar-refractivity contribution in [2.24, 2.45) is 0 Å². The molecule has 2 amide bonds. The molecule has 0 fully saturated rings. The van der Waals surface area contributed by atoms with E-state index in [0.717, 1.165) is 0 Å². The molecule has 7 heteroatoms. The molecule has 1 aromatic heterocycles. The SMILES string of the molecule is [CH2-]CC(=O)N[C-]=O.[CH2-]c1ccn[c-]n1.[W].[Y]. The third-order valence-electron chi connectivity index (χ3n) is 1.01.